The molecule has 0 bridgehead atoms. The molecule has 2 amide bonds. The molecule has 1 N–H and O–H groups in total. The van der Waals surface area contributed by atoms with Crippen LogP contribution < -0.4 is 10.2 Å². The number of hydrogen-bond acceptors (Lipinski definition) is 6. The van der Waals surface area contributed by atoms with Crippen LogP contribution in [0.5, 0.6) is 0 Å². The minimum Gasteiger partial charge on any atom is -0.321 e. The molecule has 8 nitrogen and oxygen atoms in total. The molecule has 180 valence electrons. The van der Waals surface area contributed by atoms with Crippen LogP contribution in [0.1, 0.15) is 5.56 Å². The predicted octanol–water partition coefficient (Wildman–Crippen LogP) is 6.08. The van der Waals surface area contributed by atoms with Crippen molar-refractivity contribution >= 4 is 68.2 Å². The van der Waals surface area contributed by atoms with Crippen molar-refractivity contribution in [2.75, 3.05) is 10.2 Å². The van der Waals surface area contributed by atoms with Crippen LogP contribution in [-0.2, 0) is 16.0 Å². The Morgan fingerprint density at radius 1 is 1.17 bits per heavy atom. The molecule has 1 heterocycles. The van der Waals surface area contributed by atoms with Gasteiger partial charge < -0.3 is 5.32 Å². The number of nitro benzene ring substituents is 1. The number of carbonyl (C=O) groups excluding carboxylic acids is 2. The Kier molecular flexibility index (Phi) is 7.74. The molecule has 1 aliphatic heterocycles. The van der Waals surface area contributed by atoms with Gasteiger partial charge in [0.1, 0.15) is 16.7 Å². The van der Waals surface area contributed by atoms with Crippen LogP contribution in [0.25, 0.3) is 0 Å². The lowest BCUT2D eigenvalue weighted by Gasteiger charge is -2.19. The van der Waals surface area contributed by atoms with Gasteiger partial charge in [-0.3, -0.25) is 24.6 Å². The van der Waals surface area contributed by atoms with Crippen LogP contribution in [0, 0.1) is 21.4 Å². The van der Waals surface area contributed by atoms with Crippen molar-refractivity contribution in [1.29, 1.82) is 5.26 Å². The third kappa shape index (κ3) is 5.60. The van der Waals surface area contributed by atoms with Crippen molar-refractivity contribution in [3.8, 4) is 6.07 Å². The van der Waals surface area contributed by atoms with E-state index in [-0.39, 0.29) is 28.6 Å². The normalized spacial score (nSPS) is 16.4. The molecule has 11 heteroatoms. The highest BCUT2D eigenvalue weighted by atomic mass is 79.9. The average molecular weight is 584 g/mol. The second-order valence-corrected chi connectivity index (χ2v) is 10.2. The second kappa shape index (κ2) is 11.0. The number of hydrogen-bond donors (Lipinski definition) is 1. The van der Waals surface area contributed by atoms with E-state index < -0.39 is 16.1 Å². The van der Waals surface area contributed by atoms with E-state index in [0.29, 0.717) is 22.0 Å². The summed E-state index contributed by atoms with van der Waals surface area (Å²) in [5.74, 6) is -1.02. The molecule has 0 aromatic heterocycles. The monoisotopic (exact) mass is 582 g/mol. The van der Waals surface area contributed by atoms with Gasteiger partial charge in [0.2, 0.25) is 5.91 Å². The summed E-state index contributed by atoms with van der Waals surface area (Å²) < 4.78 is 0.828. The minimum atomic E-state index is -0.707. The van der Waals surface area contributed by atoms with Gasteiger partial charge >= 0.3 is 0 Å². The highest BCUT2D eigenvalue weighted by molar-refractivity contribution is 9.10. The summed E-state index contributed by atoms with van der Waals surface area (Å²) in [6.45, 7) is 0. The van der Waals surface area contributed by atoms with Gasteiger partial charge in [0.05, 0.1) is 10.2 Å². The molecular formula is C25H16BrClN4O4S. The van der Waals surface area contributed by atoms with Crippen LogP contribution in [0.15, 0.2) is 87.9 Å². The maximum atomic E-state index is 13.5. The van der Waals surface area contributed by atoms with Gasteiger partial charge in [0.15, 0.2) is 0 Å². The summed E-state index contributed by atoms with van der Waals surface area (Å²) in [5, 5.41) is 23.7. The van der Waals surface area contributed by atoms with Gasteiger partial charge in [-0.2, -0.15) is 5.26 Å². The molecule has 1 aliphatic rings. The highest BCUT2D eigenvalue weighted by Gasteiger charge is 2.41. The number of benzene rings is 3. The lowest BCUT2D eigenvalue weighted by atomic mass is 10.1. The van der Waals surface area contributed by atoms with E-state index in [1.165, 1.54) is 17.0 Å². The molecule has 1 fully saturated rings. The van der Waals surface area contributed by atoms with Crippen molar-refractivity contribution in [2.24, 2.45) is 0 Å². The van der Waals surface area contributed by atoms with Crippen LogP contribution in [0.2, 0.25) is 5.02 Å². The first-order valence-corrected chi connectivity index (χ1v) is 12.5. The minimum absolute atomic E-state index is 0.0835. The summed E-state index contributed by atoms with van der Waals surface area (Å²) >= 11 is 10.4. The van der Waals surface area contributed by atoms with Crippen molar-refractivity contribution in [3.63, 3.8) is 0 Å². The van der Waals surface area contributed by atoms with Gasteiger partial charge in [-0.15, -0.1) is 0 Å². The molecule has 3 aromatic carbocycles. The lowest BCUT2D eigenvalue weighted by Crippen LogP contribution is -2.30. The molecule has 0 radical (unpaired) electrons. The highest BCUT2D eigenvalue weighted by Crippen LogP contribution is 2.42. The zero-order valence-electron chi connectivity index (χ0n) is 18.4. The number of nitriles is 1. The quantitative estimate of drug-likeness (QED) is 0.163. The van der Waals surface area contributed by atoms with Crippen molar-refractivity contribution in [2.45, 2.75) is 11.7 Å². The van der Waals surface area contributed by atoms with Crippen LogP contribution in [0.4, 0.5) is 17.1 Å². The molecule has 0 unspecified atom stereocenters. The van der Waals surface area contributed by atoms with E-state index in [0.717, 1.165) is 16.2 Å². The van der Waals surface area contributed by atoms with Gasteiger partial charge in [0.25, 0.3) is 11.6 Å². The summed E-state index contributed by atoms with van der Waals surface area (Å²) in [5.41, 5.74) is 1.20. The first-order chi connectivity index (χ1) is 17.3. The molecule has 1 atom stereocenters. The summed E-state index contributed by atoms with van der Waals surface area (Å²) in [6, 6.07) is 21.3. The molecular weight excluding hydrogens is 568 g/mol. The van der Waals surface area contributed by atoms with E-state index in [9.17, 15) is 25.0 Å². The number of carbonyl (C=O) groups is 2. The number of non-ortho nitro benzene ring substituents is 1. The third-order valence-corrected chi connectivity index (χ3v) is 7.28. The standard InChI is InChI=1S/C25H16BrClN4O4S/c26-16-4-8-18(9-5-16)29-23(32)21(14-28)25-30(19-10-6-17(27)7-11-19)24(33)22(36-25)13-15-2-1-3-20(12-15)31(34)35/h1-12,22H,13H2,(H,29,32)/b25-21-/t22-/m0/s1. The third-order valence-electron chi connectivity index (χ3n) is 5.23. The number of rotatable bonds is 6. The number of nitrogens with one attached hydrogen (secondary N) is 1. The number of halogens is 2. The Morgan fingerprint density at radius 3 is 2.50 bits per heavy atom. The first kappa shape index (κ1) is 25.4. The van der Waals surface area contributed by atoms with E-state index in [1.807, 2.05) is 6.07 Å². The number of nitro groups is 1. The maximum absolute atomic E-state index is 13.5. The summed E-state index contributed by atoms with van der Waals surface area (Å²) in [7, 11) is 0. The fourth-order valence-corrected chi connectivity index (χ4v) is 5.25. The predicted molar refractivity (Wildman–Crippen MR) is 143 cm³/mol. The van der Waals surface area contributed by atoms with Gasteiger partial charge in [-0.25, -0.2) is 0 Å². The van der Waals surface area contributed by atoms with E-state index >= 15 is 0 Å². The van der Waals surface area contributed by atoms with Crippen LogP contribution >= 0.6 is 39.3 Å². The van der Waals surface area contributed by atoms with Gasteiger partial charge in [-0.1, -0.05) is 51.4 Å². The van der Waals surface area contributed by atoms with Crippen LogP contribution in [0.3, 0.4) is 0 Å². The second-order valence-electron chi connectivity index (χ2n) is 7.64. The van der Waals surface area contributed by atoms with Crippen molar-refractivity contribution < 1.29 is 14.5 Å². The van der Waals surface area contributed by atoms with Crippen molar-refractivity contribution in [3.05, 3.63) is 109 Å². The Morgan fingerprint density at radius 2 is 1.86 bits per heavy atom. The van der Waals surface area contributed by atoms with Crippen LogP contribution in [-0.4, -0.2) is 22.0 Å². The Bertz CT molecular complexity index is 1420. The topological polar surface area (TPSA) is 116 Å². The molecule has 0 saturated carbocycles. The number of amides is 2. The summed E-state index contributed by atoms with van der Waals surface area (Å²) in [4.78, 5) is 38.6. The zero-order chi connectivity index (χ0) is 25.8. The van der Waals surface area contributed by atoms with E-state index in [1.54, 1.807) is 60.7 Å². The Balaban J connectivity index is 1.72. The fourth-order valence-electron chi connectivity index (χ4n) is 3.55. The zero-order valence-corrected chi connectivity index (χ0v) is 21.5. The molecule has 4 rings (SSSR count). The van der Waals surface area contributed by atoms with Crippen molar-refractivity contribution in [1.82, 2.24) is 0 Å². The Labute approximate surface area is 223 Å². The average Bonchev–Trinajstić information content (AvgIpc) is 3.17. The van der Waals surface area contributed by atoms with E-state index in [2.05, 4.69) is 21.2 Å². The van der Waals surface area contributed by atoms with E-state index in [4.69, 9.17) is 11.6 Å². The smallest absolute Gasteiger partial charge is 0.269 e. The number of nitrogens with zero attached hydrogens (tertiary/aromatic N) is 3. The fraction of sp³-hybridized carbons (Fsp3) is 0.0800. The largest absolute Gasteiger partial charge is 0.321 e. The number of anilines is 2. The number of thioether (sulfide) groups is 1. The molecule has 36 heavy (non-hydrogen) atoms. The molecule has 3 aromatic rings. The molecule has 0 aliphatic carbocycles. The first-order valence-electron chi connectivity index (χ1n) is 10.5. The molecule has 0 spiro atoms. The summed E-state index contributed by atoms with van der Waals surface area (Å²) in [6.07, 6.45) is 0.172. The molecule has 1 saturated heterocycles. The maximum Gasteiger partial charge on any atom is 0.269 e. The SMILES string of the molecule is N#C/C(C(=O)Nc1ccc(Br)cc1)=C1/S[C@@H](Cc2cccc([N+](=O)[O-])c2)C(=O)N1c1ccc(Cl)cc1. The van der Waals surface area contributed by atoms with Gasteiger partial charge in [0, 0.05) is 33.0 Å². The van der Waals surface area contributed by atoms with Gasteiger partial charge in [-0.05, 0) is 60.5 Å². The Hall–Kier alpha value is -3.65. The lowest BCUT2D eigenvalue weighted by molar-refractivity contribution is -0.384.